The van der Waals surface area contributed by atoms with E-state index in [2.05, 4.69) is 15.2 Å². The van der Waals surface area contributed by atoms with E-state index in [0.717, 1.165) is 11.3 Å². The highest BCUT2D eigenvalue weighted by atomic mass is 16.6. The monoisotopic (exact) mass is 426 g/mol. The standard InChI is InChI=1S/C23H30N4O4/c1-17-5-8-19(9-6-17)30-16-21(28)25-20-10-7-18(15-24-20)26-11-13-27(14-12-26)22(29)31-23(2,3)4/h5-10,15H,11-14,16H2,1-4H3,(H,24,25,28). The molecule has 1 aliphatic rings. The van der Waals surface area contributed by atoms with Gasteiger partial charge in [0.1, 0.15) is 17.2 Å². The zero-order valence-electron chi connectivity index (χ0n) is 18.6. The lowest BCUT2D eigenvalue weighted by Gasteiger charge is -2.36. The Morgan fingerprint density at radius 1 is 1.03 bits per heavy atom. The molecule has 8 heteroatoms. The first-order valence-corrected chi connectivity index (χ1v) is 10.4. The molecule has 1 N–H and O–H groups in total. The topological polar surface area (TPSA) is 84.0 Å². The maximum Gasteiger partial charge on any atom is 0.410 e. The average molecular weight is 427 g/mol. The summed E-state index contributed by atoms with van der Waals surface area (Å²) in [5, 5.41) is 2.73. The van der Waals surface area contributed by atoms with Gasteiger partial charge in [-0.05, 0) is 52.0 Å². The van der Waals surface area contributed by atoms with E-state index < -0.39 is 5.60 Å². The molecule has 0 bridgehead atoms. The molecule has 2 amide bonds. The Morgan fingerprint density at radius 2 is 1.71 bits per heavy atom. The number of anilines is 2. The van der Waals surface area contributed by atoms with Crippen LogP contribution in [0, 0.1) is 6.92 Å². The first kappa shape index (κ1) is 22.4. The van der Waals surface area contributed by atoms with Gasteiger partial charge in [0.05, 0.1) is 11.9 Å². The van der Waals surface area contributed by atoms with Crippen molar-refractivity contribution in [1.82, 2.24) is 9.88 Å². The largest absolute Gasteiger partial charge is 0.484 e. The fourth-order valence-electron chi connectivity index (χ4n) is 3.08. The first-order valence-electron chi connectivity index (χ1n) is 10.4. The van der Waals surface area contributed by atoms with Gasteiger partial charge in [-0.1, -0.05) is 17.7 Å². The number of ether oxygens (including phenoxy) is 2. The zero-order chi connectivity index (χ0) is 22.4. The quantitative estimate of drug-likeness (QED) is 0.788. The summed E-state index contributed by atoms with van der Waals surface area (Å²) in [6.45, 7) is 10.1. The maximum atomic E-state index is 12.2. The van der Waals surface area contributed by atoms with Crippen molar-refractivity contribution in [2.75, 3.05) is 43.0 Å². The van der Waals surface area contributed by atoms with Crippen LogP contribution in [0.1, 0.15) is 26.3 Å². The SMILES string of the molecule is Cc1ccc(OCC(=O)Nc2ccc(N3CCN(C(=O)OC(C)(C)C)CC3)cn2)cc1. The molecule has 166 valence electrons. The highest BCUT2D eigenvalue weighted by Gasteiger charge is 2.26. The Bertz CT molecular complexity index is 883. The van der Waals surface area contributed by atoms with E-state index in [0.29, 0.717) is 37.7 Å². The van der Waals surface area contributed by atoms with Gasteiger partial charge in [-0.2, -0.15) is 0 Å². The van der Waals surface area contributed by atoms with E-state index >= 15 is 0 Å². The molecule has 0 spiro atoms. The van der Waals surface area contributed by atoms with Crippen molar-refractivity contribution in [1.29, 1.82) is 0 Å². The number of hydrogen-bond acceptors (Lipinski definition) is 6. The molecule has 8 nitrogen and oxygen atoms in total. The molecule has 1 aromatic carbocycles. The molecule has 2 aromatic rings. The van der Waals surface area contributed by atoms with Crippen LogP contribution in [-0.2, 0) is 9.53 Å². The third kappa shape index (κ3) is 6.87. The van der Waals surface area contributed by atoms with Gasteiger partial charge in [0.15, 0.2) is 6.61 Å². The van der Waals surface area contributed by atoms with Crippen LogP contribution in [0.15, 0.2) is 42.6 Å². The van der Waals surface area contributed by atoms with Crippen molar-refractivity contribution >= 4 is 23.5 Å². The van der Waals surface area contributed by atoms with Gasteiger partial charge in [-0.3, -0.25) is 4.79 Å². The summed E-state index contributed by atoms with van der Waals surface area (Å²) in [6.07, 6.45) is 1.44. The van der Waals surface area contributed by atoms with Gasteiger partial charge < -0.3 is 24.6 Å². The summed E-state index contributed by atoms with van der Waals surface area (Å²) in [4.78, 5) is 32.5. The van der Waals surface area contributed by atoms with Gasteiger partial charge in [-0.25, -0.2) is 9.78 Å². The molecule has 0 saturated carbocycles. The van der Waals surface area contributed by atoms with Crippen LogP contribution in [0.25, 0.3) is 0 Å². The number of carbonyl (C=O) groups is 2. The van der Waals surface area contributed by atoms with Crippen LogP contribution >= 0.6 is 0 Å². The molecule has 0 radical (unpaired) electrons. The highest BCUT2D eigenvalue weighted by Crippen LogP contribution is 2.19. The molecule has 0 atom stereocenters. The van der Waals surface area contributed by atoms with Crippen LogP contribution < -0.4 is 15.0 Å². The highest BCUT2D eigenvalue weighted by molar-refractivity contribution is 5.91. The molecule has 1 fully saturated rings. The lowest BCUT2D eigenvalue weighted by atomic mass is 10.2. The average Bonchev–Trinajstić information content (AvgIpc) is 2.73. The fourth-order valence-corrected chi connectivity index (χ4v) is 3.08. The molecule has 1 saturated heterocycles. The van der Waals surface area contributed by atoms with Gasteiger partial charge in [-0.15, -0.1) is 0 Å². The van der Waals surface area contributed by atoms with Crippen LogP contribution in [0.4, 0.5) is 16.3 Å². The molecule has 0 aliphatic carbocycles. The Balaban J connectivity index is 1.45. The van der Waals surface area contributed by atoms with Crippen molar-refractivity contribution < 1.29 is 19.1 Å². The second-order valence-electron chi connectivity index (χ2n) is 8.51. The van der Waals surface area contributed by atoms with Gasteiger partial charge in [0, 0.05) is 26.2 Å². The summed E-state index contributed by atoms with van der Waals surface area (Å²) in [7, 11) is 0. The molecule has 31 heavy (non-hydrogen) atoms. The lowest BCUT2D eigenvalue weighted by Crippen LogP contribution is -2.50. The normalized spacial score (nSPS) is 14.2. The summed E-state index contributed by atoms with van der Waals surface area (Å²) >= 11 is 0. The molecule has 2 heterocycles. The second kappa shape index (κ2) is 9.68. The Labute approximate surface area is 183 Å². The Hall–Kier alpha value is -3.29. The van der Waals surface area contributed by atoms with Crippen LogP contribution in [0.3, 0.4) is 0 Å². The van der Waals surface area contributed by atoms with Crippen molar-refractivity contribution in [2.45, 2.75) is 33.3 Å². The predicted octanol–water partition coefficient (Wildman–Crippen LogP) is 3.46. The smallest absolute Gasteiger partial charge is 0.410 e. The third-order valence-electron chi connectivity index (χ3n) is 4.70. The number of pyridine rings is 1. The van der Waals surface area contributed by atoms with Crippen molar-refractivity contribution in [3.63, 3.8) is 0 Å². The van der Waals surface area contributed by atoms with E-state index in [9.17, 15) is 9.59 Å². The minimum Gasteiger partial charge on any atom is -0.484 e. The van der Waals surface area contributed by atoms with Crippen molar-refractivity contribution in [3.8, 4) is 5.75 Å². The number of aromatic nitrogens is 1. The van der Waals surface area contributed by atoms with Crippen molar-refractivity contribution in [3.05, 3.63) is 48.2 Å². The minimum atomic E-state index is -0.496. The summed E-state index contributed by atoms with van der Waals surface area (Å²) < 4.78 is 10.9. The number of hydrogen-bond donors (Lipinski definition) is 1. The molecule has 3 rings (SSSR count). The summed E-state index contributed by atoms with van der Waals surface area (Å²) in [5.41, 5.74) is 1.58. The molecule has 1 aromatic heterocycles. The van der Waals surface area contributed by atoms with E-state index in [-0.39, 0.29) is 18.6 Å². The van der Waals surface area contributed by atoms with E-state index in [1.165, 1.54) is 0 Å². The van der Waals surface area contributed by atoms with E-state index in [4.69, 9.17) is 9.47 Å². The number of nitrogens with one attached hydrogen (secondary N) is 1. The molecular formula is C23H30N4O4. The number of benzene rings is 1. The molecule has 1 aliphatic heterocycles. The third-order valence-corrected chi connectivity index (χ3v) is 4.70. The predicted molar refractivity (Wildman–Crippen MR) is 120 cm³/mol. The fraction of sp³-hybridized carbons (Fsp3) is 0.435. The first-order chi connectivity index (χ1) is 14.7. The molecule has 0 unspecified atom stereocenters. The number of carbonyl (C=O) groups excluding carboxylic acids is 2. The van der Waals surface area contributed by atoms with E-state index in [1.807, 2.05) is 58.0 Å². The maximum absolute atomic E-state index is 12.2. The Kier molecular flexibility index (Phi) is 6.99. The molecular weight excluding hydrogens is 396 g/mol. The van der Waals surface area contributed by atoms with Gasteiger partial charge in [0.25, 0.3) is 5.91 Å². The lowest BCUT2D eigenvalue weighted by molar-refractivity contribution is -0.118. The zero-order valence-corrected chi connectivity index (χ0v) is 18.6. The van der Waals surface area contributed by atoms with Gasteiger partial charge >= 0.3 is 6.09 Å². The number of piperazine rings is 1. The van der Waals surface area contributed by atoms with Crippen LogP contribution in [0.5, 0.6) is 5.75 Å². The number of rotatable bonds is 5. The minimum absolute atomic E-state index is 0.0842. The van der Waals surface area contributed by atoms with Crippen LogP contribution in [0.2, 0.25) is 0 Å². The summed E-state index contributed by atoms with van der Waals surface area (Å²) in [5.74, 6) is 0.843. The number of amides is 2. The Morgan fingerprint density at radius 3 is 2.29 bits per heavy atom. The summed E-state index contributed by atoms with van der Waals surface area (Å²) in [6, 6.07) is 11.2. The second-order valence-corrected chi connectivity index (χ2v) is 8.51. The van der Waals surface area contributed by atoms with Crippen molar-refractivity contribution in [2.24, 2.45) is 0 Å². The van der Waals surface area contributed by atoms with Gasteiger partial charge in [0.2, 0.25) is 0 Å². The number of nitrogens with zero attached hydrogens (tertiary/aromatic N) is 3. The van der Waals surface area contributed by atoms with Crippen LogP contribution in [-0.4, -0.2) is 60.3 Å². The number of aryl methyl sites for hydroxylation is 1. The van der Waals surface area contributed by atoms with E-state index in [1.54, 1.807) is 17.2 Å².